The number of halogens is 1. The van der Waals surface area contributed by atoms with Gasteiger partial charge in [-0.25, -0.2) is 9.18 Å². The van der Waals surface area contributed by atoms with Crippen molar-refractivity contribution in [2.75, 3.05) is 18.2 Å². The second-order valence-electron chi connectivity index (χ2n) is 3.96. The quantitative estimate of drug-likeness (QED) is 0.900. The number of carbonyl (C=O) groups excluding carboxylic acids is 1. The van der Waals surface area contributed by atoms with E-state index in [-0.39, 0.29) is 12.4 Å². The SMILES string of the molecule is O=C(O)[C@@H]1CSCN1C(=O)COc1cccc(F)c1. The summed E-state index contributed by atoms with van der Waals surface area (Å²) in [6.45, 7) is -0.298. The number of benzene rings is 1. The molecule has 19 heavy (non-hydrogen) atoms. The second kappa shape index (κ2) is 5.92. The van der Waals surface area contributed by atoms with Gasteiger partial charge in [0.25, 0.3) is 5.91 Å². The van der Waals surface area contributed by atoms with Gasteiger partial charge in [-0.2, -0.15) is 0 Å². The summed E-state index contributed by atoms with van der Waals surface area (Å²) in [5.74, 6) is -0.938. The maximum Gasteiger partial charge on any atom is 0.327 e. The third-order valence-electron chi connectivity index (χ3n) is 2.65. The summed E-state index contributed by atoms with van der Waals surface area (Å²) >= 11 is 1.38. The molecule has 1 amide bonds. The van der Waals surface area contributed by atoms with E-state index in [0.717, 1.165) is 0 Å². The molecule has 1 fully saturated rings. The lowest BCUT2D eigenvalue weighted by Crippen LogP contribution is -2.43. The van der Waals surface area contributed by atoms with Gasteiger partial charge in [-0.3, -0.25) is 4.79 Å². The largest absolute Gasteiger partial charge is 0.484 e. The van der Waals surface area contributed by atoms with Crippen LogP contribution < -0.4 is 4.74 Å². The van der Waals surface area contributed by atoms with Crippen LogP contribution >= 0.6 is 11.8 Å². The minimum Gasteiger partial charge on any atom is -0.484 e. The number of carboxylic acids is 1. The Morgan fingerprint density at radius 2 is 2.32 bits per heavy atom. The minimum atomic E-state index is -1.02. The molecule has 0 aromatic heterocycles. The van der Waals surface area contributed by atoms with Gasteiger partial charge in [0.05, 0.1) is 5.88 Å². The van der Waals surface area contributed by atoms with Crippen molar-refractivity contribution in [1.29, 1.82) is 0 Å². The van der Waals surface area contributed by atoms with Gasteiger partial charge in [-0.1, -0.05) is 6.07 Å². The Bertz CT molecular complexity index is 496. The summed E-state index contributed by atoms with van der Waals surface area (Å²) in [4.78, 5) is 24.0. The zero-order valence-electron chi connectivity index (χ0n) is 9.91. The van der Waals surface area contributed by atoms with Crippen LogP contribution in [0.1, 0.15) is 0 Å². The number of rotatable bonds is 4. The van der Waals surface area contributed by atoms with Crippen molar-refractivity contribution in [3.8, 4) is 5.75 Å². The zero-order valence-corrected chi connectivity index (χ0v) is 10.7. The minimum absolute atomic E-state index is 0.243. The zero-order chi connectivity index (χ0) is 13.8. The van der Waals surface area contributed by atoms with Gasteiger partial charge in [0.1, 0.15) is 17.6 Å². The number of carboxylic acid groups (broad SMARTS) is 1. The van der Waals surface area contributed by atoms with Crippen LogP contribution in [0.15, 0.2) is 24.3 Å². The van der Waals surface area contributed by atoms with E-state index in [0.29, 0.717) is 11.6 Å². The van der Waals surface area contributed by atoms with Gasteiger partial charge in [-0.05, 0) is 12.1 Å². The van der Waals surface area contributed by atoms with Crippen molar-refractivity contribution in [3.05, 3.63) is 30.1 Å². The summed E-state index contributed by atoms with van der Waals surface area (Å²) in [6, 6.07) is 4.63. The first-order valence-corrected chi connectivity index (χ1v) is 6.72. The molecule has 7 heteroatoms. The molecule has 5 nitrogen and oxygen atoms in total. The molecular formula is C12H12FNO4S. The van der Waals surface area contributed by atoms with Crippen molar-refractivity contribution in [2.45, 2.75) is 6.04 Å². The molecule has 0 spiro atoms. The number of amides is 1. The van der Waals surface area contributed by atoms with E-state index in [4.69, 9.17) is 9.84 Å². The van der Waals surface area contributed by atoms with Crippen molar-refractivity contribution in [3.63, 3.8) is 0 Å². The van der Waals surface area contributed by atoms with Gasteiger partial charge >= 0.3 is 5.97 Å². The first-order chi connectivity index (χ1) is 9.08. The van der Waals surface area contributed by atoms with Gasteiger partial charge < -0.3 is 14.7 Å². The molecule has 1 aliphatic rings. The lowest BCUT2D eigenvalue weighted by atomic mass is 10.3. The maximum absolute atomic E-state index is 12.9. The lowest BCUT2D eigenvalue weighted by molar-refractivity contribution is -0.148. The molecule has 1 saturated heterocycles. The molecule has 0 saturated carbocycles. The smallest absolute Gasteiger partial charge is 0.327 e. The molecule has 1 aromatic carbocycles. The number of hydrogen-bond acceptors (Lipinski definition) is 4. The van der Waals surface area contributed by atoms with E-state index in [1.165, 1.54) is 40.9 Å². The fourth-order valence-electron chi connectivity index (χ4n) is 1.68. The molecule has 0 unspecified atom stereocenters. The van der Waals surface area contributed by atoms with Gasteiger partial charge in [0, 0.05) is 11.8 Å². The van der Waals surface area contributed by atoms with Gasteiger partial charge in [-0.15, -0.1) is 11.8 Å². The molecule has 0 radical (unpaired) electrons. The van der Waals surface area contributed by atoms with E-state index in [2.05, 4.69) is 0 Å². The summed E-state index contributed by atoms with van der Waals surface area (Å²) in [5, 5.41) is 8.96. The van der Waals surface area contributed by atoms with E-state index in [1.807, 2.05) is 0 Å². The predicted octanol–water partition coefficient (Wildman–Crippen LogP) is 1.19. The second-order valence-corrected chi connectivity index (χ2v) is 4.96. The molecule has 0 aliphatic carbocycles. The molecule has 2 rings (SSSR count). The van der Waals surface area contributed by atoms with Crippen LogP contribution in [-0.4, -0.2) is 46.2 Å². The van der Waals surface area contributed by atoms with Crippen molar-refractivity contribution >= 4 is 23.6 Å². The first-order valence-electron chi connectivity index (χ1n) is 5.56. The third-order valence-corrected chi connectivity index (χ3v) is 3.66. The van der Waals surface area contributed by atoms with E-state index in [9.17, 15) is 14.0 Å². The van der Waals surface area contributed by atoms with Crippen molar-refractivity contribution in [1.82, 2.24) is 4.90 Å². The van der Waals surface area contributed by atoms with Crippen LogP contribution in [0.2, 0.25) is 0 Å². The number of thioether (sulfide) groups is 1. The van der Waals surface area contributed by atoms with Gasteiger partial charge in [0.15, 0.2) is 6.61 Å². The number of carbonyl (C=O) groups is 2. The Kier molecular flexibility index (Phi) is 4.26. The molecule has 0 bridgehead atoms. The Hall–Kier alpha value is -1.76. The predicted molar refractivity (Wildman–Crippen MR) is 67.5 cm³/mol. The number of nitrogens with zero attached hydrogens (tertiary/aromatic N) is 1. The Labute approximate surface area is 113 Å². The molecule has 1 N–H and O–H groups in total. The number of ether oxygens (including phenoxy) is 1. The number of aliphatic carboxylic acids is 1. The normalized spacial score (nSPS) is 18.4. The third kappa shape index (κ3) is 3.37. The van der Waals surface area contributed by atoms with Crippen LogP contribution in [-0.2, 0) is 9.59 Å². The molecule has 102 valence electrons. The van der Waals surface area contributed by atoms with Crippen molar-refractivity contribution in [2.24, 2.45) is 0 Å². The Morgan fingerprint density at radius 3 is 3.00 bits per heavy atom. The first kappa shape index (κ1) is 13.7. The van der Waals surface area contributed by atoms with Crippen LogP contribution in [0.25, 0.3) is 0 Å². The fourth-order valence-corrected chi connectivity index (χ4v) is 2.85. The maximum atomic E-state index is 12.9. The molecule has 1 atom stereocenters. The van der Waals surface area contributed by atoms with Crippen LogP contribution in [0.3, 0.4) is 0 Å². The Balaban J connectivity index is 1.92. The highest BCUT2D eigenvalue weighted by Gasteiger charge is 2.34. The summed E-state index contributed by atoms with van der Waals surface area (Å²) in [5.41, 5.74) is 0. The summed E-state index contributed by atoms with van der Waals surface area (Å²) < 4.78 is 18.1. The average molecular weight is 285 g/mol. The highest BCUT2D eigenvalue weighted by atomic mass is 32.2. The van der Waals surface area contributed by atoms with Crippen LogP contribution in [0.4, 0.5) is 4.39 Å². The van der Waals surface area contributed by atoms with E-state index < -0.39 is 23.7 Å². The fraction of sp³-hybridized carbons (Fsp3) is 0.333. The summed E-state index contributed by atoms with van der Waals surface area (Å²) in [7, 11) is 0. The van der Waals surface area contributed by atoms with E-state index in [1.54, 1.807) is 0 Å². The topological polar surface area (TPSA) is 66.8 Å². The van der Waals surface area contributed by atoms with Crippen LogP contribution in [0, 0.1) is 5.82 Å². The van der Waals surface area contributed by atoms with Crippen molar-refractivity contribution < 1.29 is 23.8 Å². The molecule has 1 aromatic rings. The lowest BCUT2D eigenvalue weighted by Gasteiger charge is -2.20. The highest BCUT2D eigenvalue weighted by molar-refractivity contribution is 7.99. The average Bonchev–Trinajstić information content (AvgIpc) is 2.85. The highest BCUT2D eigenvalue weighted by Crippen LogP contribution is 2.21. The Morgan fingerprint density at radius 1 is 1.53 bits per heavy atom. The molecular weight excluding hydrogens is 273 g/mol. The van der Waals surface area contributed by atoms with E-state index >= 15 is 0 Å². The monoisotopic (exact) mass is 285 g/mol. The number of hydrogen-bond donors (Lipinski definition) is 1. The standard InChI is InChI=1S/C12H12FNO4S/c13-8-2-1-3-9(4-8)18-5-11(15)14-7-19-6-10(14)12(16)17/h1-4,10H,5-7H2,(H,16,17)/t10-/m0/s1. The summed E-state index contributed by atoms with van der Waals surface area (Å²) in [6.07, 6.45) is 0. The van der Waals surface area contributed by atoms with Crippen LogP contribution in [0.5, 0.6) is 5.75 Å². The van der Waals surface area contributed by atoms with Gasteiger partial charge in [0.2, 0.25) is 0 Å². The molecule has 1 heterocycles. The molecule has 1 aliphatic heterocycles.